The van der Waals surface area contributed by atoms with Crippen LogP contribution in [0.4, 0.5) is 4.39 Å². The molecule has 0 amide bonds. The lowest BCUT2D eigenvalue weighted by Crippen LogP contribution is -2.02. The van der Waals surface area contributed by atoms with Crippen LogP contribution < -0.4 is 4.74 Å². The van der Waals surface area contributed by atoms with Gasteiger partial charge in [-0.3, -0.25) is 4.79 Å². The summed E-state index contributed by atoms with van der Waals surface area (Å²) in [6, 6.07) is 10.1. The third-order valence-electron chi connectivity index (χ3n) is 3.73. The van der Waals surface area contributed by atoms with Crippen molar-refractivity contribution in [2.24, 2.45) is 0 Å². The van der Waals surface area contributed by atoms with E-state index < -0.39 is 11.8 Å². The van der Waals surface area contributed by atoms with Gasteiger partial charge in [0.2, 0.25) is 0 Å². The van der Waals surface area contributed by atoms with E-state index in [1.807, 2.05) is 19.1 Å². The zero-order valence-electron chi connectivity index (χ0n) is 12.9. The Morgan fingerprint density at radius 3 is 2.83 bits per heavy atom. The van der Waals surface area contributed by atoms with Crippen molar-refractivity contribution in [2.75, 3.05) is 6.61 Å². The van der Waals surface area contributed by atoms with Gasteiger partial charge in [0.05, 0.1) is 24.2 Å². The summed E-state index contributed by atoms with van der Waals surface area (Å²) in [5.41, 5.74) is 2.09. The van der Waals surface area contributed by atoms with E-state index >= 15 is 0 Å². The van der Waals surface area contributed by atoms with Gasteiger partial charge >= 0.3 is 5.97 Å². The molecule has 124 valence electrons. The number of aromatic amines is 1. The van der Waals surface area contributed by atoms with Gasteiger partial charge < -0.3 is 14.8 Å². The molecule has 0 spiro atoms. The SMILES string of the molecule is CCOc1ccc(Br)cc1-c1[nH]c2c(F)cccc2c1CC(=O)O. The summed E-state index contributed by atoms with van der Waals surface area (Å²) >= 11 is 3.42. The minimum Gasteiger partial charge on any atom is -0.493 e. The number of carboxylic acids is 1. The molecule has 24 heavy (non-hydrogen) atoms. The fourth-order valence-corrected chi connectivity index (χ4v) is 3.14. The number of carboxylic acid groups (broad SMARTS) is 1. The van der Waals surface area contributed by atoms with Crippen LogP contribution in [0.5, 0.6) is 5.75 Å². The van der Waals surface area contributed by atoms with Gasteiger partial charge in [-0.15, -0.1) is 0 Å². The van der Waals surface area contributed by atoms with E-state index in [1.54, 1.807) is 18.2 Å². The van der Waals surface area contributed by atoms with E-state index in [1.165, 1.54) is 6.07 Å². The van der Waals surface area contributed by atoms with Crippen LogP contribution >= 0.6 is 15.9 Å². The van der Waals surface area contributed by atoms with Gasteiger partial charge in [-0.25, -0.2) is 4.39 Å². The first-order valence-electron chi connectivity index (χ1n) is 7.44. The Morgan fingerprint density at radius 1 is 1.33 bits per heavy atom. The number of para-hydroxylation sites is 1. The van der Waals surface area contributed by atoms with Crippen LogP contribution in [0.25, 0.3) is 22.2 Å². The Kier molecular flexibility index (Phi) is 4.57. The molecule has 0 saturated carbocycles. The molecule has 0 radical (unpaired) electrons. The van der Waals surface area contributed by atoms with Crippen molar-refractivity contribution < 1.29 is 19.0 Å². The van der Waals surface area contributed by atoms with Gasteiger partial charge in [-0.05, 0) is 36.8 Å². The molecule has 4 nitrogen and oxygen atoms in total. The summed E-state index contributed by atoms with van der Waals surface area (Å²) in [4.78, 5) is 14.3. The van der Waals surface area contributed by atoms with Crippen molar-refractivity contribution in [3.8, 4) is 17.0 Å². The number of aliphatic carboxylic acids is 1. The molecule has 1 heterocycles. The highest BCUT2D eigenvalue weighted by Gasteiger charge is 2.20. The molecule has 0 aliphatic carbocycles. The van der Waals surface area contributed by atoms with E-state index in [0.717, 1.165) is 4.47 Å². The van der Waals surface area contributed by atoms with Gasteiger partial charge in [-0.2, -0.15) is 0 Å². The lowest BCUT2D eigenvalue weighted by atomic mass is 10.0. The topological polar surface area (TPSA) is 62.3 Å². The quantitative estimate of drug-likeness (QED) is 0.658. The van der Waals surface area contributed by atoms with Crippen molar-refractivity contribution in [3.05, 3.63) is 52.3 Å². The molecule has 0 aliphatic heterocycles. The molecule has 6 heteroatoms. The maximum atomic E-state index is 14.1. The molecule has 0 unspecified atom stereocenters. The monoisotopic (exact) mass is 391 g/mol. The molecule has 1 aromatic heterocycles. The Morgan fingerprint density at radius 2 is 2.12 bits per heavy atom. The highest BCUT2D eigenvalue weighted by molar-refractivity contribution is 9.10. The number of hydrogen-bond donors (Lipinski definition) is 2. The first-order valence-corrected chi connectivity index (χ1v) is 8.24. The van der Waals surface area contributed by atoms with Crippen LogP contribution in [-0.4, -0.2) is 22.7 Å². The molecule has 0 aliphatic rings. The van der Waals surface area contributed by atoms with Crippen molar-refractivity contribution >= 4 is 32.8 Å². The van der Waals surface area contributed by atoms with E-state index in [9.17, 15) is 14.3 Å². The summed E-state index contributed by atoms with van der Waals surface area (Å²) in [6.45, 7) is 2.34. The second-order valence-electron chi connectivity index (χ2n) is 5.28. The summed E-state index contributed by atoms with van der Waals surface area (Å²) in [5.74, 6) is -0.785. The fraction of sp³-hybridized carbons (Fsp3) is 0.167. The molecule has 0 fully saturated rings. The van der Waals surface area contributed by atoms with E-state index in [4.69, 9.17) is 4.74 Å². The normalized spacial score (nSPS) is 11.0. The van der Waals surface area contributed by atoms with Gasteiger partial charge in [0.15, 0.2) is 0 Å². The van der Waals surface area contributed by atoms with E-state index in [2.05, 4.69) is 20.9 Å². The largest absolute Gasteiger partial charge is 0.493 e. The fourth-order valence-electron chi connectivity index (χ4n) is 2.78. The summed E-state index contributed by atoms with van der Waals surface area (Å²) in [5, 5.41) is 9.83. The van der Waals surface area contributed by atoms with Crippen LogP contribution in [0, 0.1) is 5.82 Å². The number of fused-ring (bicyclic) bond motifs is 1. The number of nitrogens with one attached hydrogen (secondary N) is 1. The minimum atomic E-state index is -0.977. The summed E-state index contributed by atoms with van der Waals surface area (Å²) < 4.78 is 20.6. The van der Waals surface area contributed by atoms with Crippen LogP contribution in [0.2, 0.25) is 0 Å². The number of carbonyl (C=O) groups is 1. The van der Waals surface area contributed by atoms with Crippen LogP contribution in [0.3, 0.4) is 0 Å². The van der Waals surface area contributed by atoms with E-state index in [0.29, 0.717) is 40.1 Å². The zero-order chi connectivity index (χ0) is 17.3. The number of benzene rings is 2. The van der Waals surface area contributed by atoms with Crippen LogP contribution in [0.1, 0.15) is 12.5 Å². The maximum Gasteiger partial charge on any atom is 0.307 e. The molecule has 0 bridgehead atoms. The molecule has 2 N–H and O–H groups in total. The Labute approximate surface area is 146 Å². The zero-order valence-corrected chi connectivity index (χ0v) is 14.5. The average molecular weight is 392 g/mol. The number of halogens is 2. The third kappa shape index (κ3) is 3.01. The predicted octanol–water partition coefficient (Wildman–Crippen LogP) is 4.76. The maximum absolute atomic E-state index is 14.1. The molecule has 3 aromatic rings. The summed E-state index contributed by atoms with van der Waals surface area (Å²) in [7, 11) is 0. The standard InChI is InChI=1S/C18H15BrFNO3/c1-2-24-15-7-6-10(19)8-13(15)17-12(9-16(22)23)11-4-3-5-14(20)18(11)21-17/h3-8,21H,2,9H2,1H3,(H,22,23). The number of aromatic nitrogens is 1. The Balaban J connectivity index is 2.31. The van der Waals surface area contributed by atoms with Crippen LogP contribution in [-0.2, 0) is 11.2 Å². The number of H-pyrrole nitrogens is 1. The van der Waals surface area contributed by atoms with Crippen molar-refractivity contribution in [1.82, 2.24) is 4.98 Å². The van der Waals surface area contributed by atoms with Gasteiger partial charge in [0.1, 0.15) is 11.6 Å². The molecule has 3 rings (SSSR count). The number of rotatable bonds is 5. The van der Waals surface area contributed by atoms with Crippen LogP contribution in [0.15, 0.2) is 40.9 Å². The molecular weight excluding hydrogens is 377 g/mol. The highest BCUT2D eigenvalue weighted by atomic mass is 79.9. The summed E-state index contributed by atoms with van der Waals surface area (Å²) in [6.07, 6.45) is -0.211. The Bertz CT molecular complexity index is 920. The second-order valence-corrected chi connectivity index (χ2v) is 6.20. The van der Waals surface area contributed by atoms with Gasteiger partial charge in [0, 0.05) is 15.4 Å². The van der Waals surface area contributed by atoms with Gasteiger partial charge in [-0.1, -0.05) is 28.1 Å². The number of hydrogen-bond acceptors (Lipinski definition) is 2. The van der Waals surface area contributed by atoms with Gasteiger partial charge in [0.25, 0.3) is 0 Å². The molecule has 2 aromatic carbocycles. The molecule has 0 atom stereocenters. The van der Waals surface area contributed by atoms with E-state index in [-0.39, 0.29) is 6.42 Å². The van der Waals surface area contributed by atoms with Crippen molar-refractivity contribution in [3.63, 3.8) is 0 Å². The van der Waals surface area contributed by atoms with Crippen molar-refractivity contribution in [1.29, 1.82) is 0 Å². The predicted molar refractivity (Wildman–Crippen MR) is 93.9 cm³/mol. The average Bonchev–Trinajstić information content (AvgIpc) is 2.89. The first kappa shape index (κ1) is 16.5. The highest BCUT2D eigenvalue weighted by Crippen LogP contribution is 2.38. The minimum absolute atomic E-state index is 0.211. The second kappa shape index (κ2) is 6.65. The number of ether oxygens (including phenoxy) is 1. The lowest BCUT2D eigenvalue weighted by molar-refractivity contribution is -0.136. The molecular formula is C18H15BrFNO3. The smallest absolute Gasteiger partial charge is 0.307 e. The Hall–Kier alpha value is -2.34. The van der Waals surface area contributed by atoms with Crippen molar-refractivity contribution in [2.45, 2.75) is 13.3 Å². The lowest BCUT2D eigenvalue weighted by Gasteiger charge is -2.11. The molecule has 0 saturated heterocycles. The first-order chi connectivity index (χ1) is 11.5. The third-order valence-corrected chi connectivity index (χ3v) is 4.22.